The molecule has 0 fully saturated rings. The van der Waals surface area contributed by atoms with Crippen molar-refractivity contribution in [2.24, 2.45) is 0 Å². The van der Waals surface area contributed by atoms with E-state index < -0.39 is 0 Å². The van der Waals surface area contributed by atoms with Gasteiger partial charge in [-0.25, -0.2) is 0 Å². The number of rotatable bonds is 2. The molecule has 0 unspecified atom stereocenters. The highest BCUT2D eigenvalue weighted by atomic mass is 127. The molecule has 0 rings (SSSR count). The van der Waals surface area contributed by atoms with Crippen molar-refractivity contribution in [2.45, 2.75) is 19.9 Å². The summed E-state index contributed by atoms with van der Waals surface area (Å²) in [6.45, 7) is 4.41. The molecular weight excluding hydrogens is 237 g/mol. The third kappa shape index (κ3) is 3.81. The maximum atomic E-state index is 2.33. The second-order valence-electron chi connectivity index (χ2n) is 1.71. The zero-order valence-electron chi connectivity index (χ0n) is 4.81. The van der Waals surface area contributed by atoms with Crippen LogP contribution in [0.3, 0.4) is 0 Å². The minimum atomic E-state index is 0.716. The minimum Gasteiger partial charge on any atom is -0.271 e. The normalized spacial score (nSPS) is 11.6. The van der Waals surface area contributed by atoms with Gasteiger partial charge in [0.2, 0.25) is 0 Å². The highest BCUT2D eigenvalue weighted by Gasteiger charge is 1.97. The van der Waals surface area contributed by atoms with Crippen molar-refractivity contribution in [3.05, 3.63) is 0 Å². The van der Waals surface area contributed by atoms with Gasteiger partial charge in [-0.15, -0.1) is 0 Å². The Bertz CT molecular complexity index is 52.2. The Morgan fingerprint density at radius 3 is 2.14 bits per heavy atom. The van der Waals surface area contributed by atoms with Crippen LogP contribution in [0.4, 0.5) is 0 Å². The number of nitrogens with zero attached hydrogens (tertiary/aromatic N) is 1. The van der Waals surface area contributed by atoms with E-state index in [9.17, 15) is 0 Å². The Hall–Kier alpha value is 1.26. The van der Waals surface area contributed by atoms with E-state index in [0.717, 1.165) is 10.4 Å². The van der Waals surface area contributed by atoms with E-state index in [1.807, 2.05) is 0 Å². The summed E-state index contributed by atoms with van der Waals surface area (Å²) in [7, 11) is 2.96. The SMILES string of the molecule is CC(C)N([SiH3])SI. The highest BCUT2D eigenvalue weighted by molar-refractivity contribution is 14.2. The molecule has 0 aromatic heterocycles. The Kier molecular flexibility index (Phi) is 4.92. The van der Waals surface area contributed by atoms with Crippen LogP contribution in [-0.4, -0.2) is 20.4 Å². The molecular formula is C3H10INSSi. The van der Waals surface area contributed by atoms with Gasteiger partial charge in [-0.1, -0.05) is 0 Å². The van der Waals surface area contributed by atoms with Crippen LogP contribution in [0.2, 0.25) is 0 Å². The summed E-state index contributed by atoms with van der Waals surface area (Å²) in [5.41, 5.74) is 0. The van der Waals surface area contributed by atoms with Gasteiger partial charge in [-0.05, 0) is 23.0 Å². The van der Waals surface area contributed by atoms with E-state index >= 15 is 0 Å². The highest BCUT2D eigenvalue weighted by Crippen LogP contribution is 2.17. The Balaban J connectivity index is 3.14. The van der Waals surface area contributed by atoms with Crippen molar-refractivity contribution in [3.63, 3.8) is 0 Å². The summed E-state index contributed by atoms with van der Waals surface area (Å²) in [4.78, 5) is 0. The zero-order valence-corrected chi connectivity index (χ0v) is 9.78. The van der Waals surface area contributed by atoms with Gasteiger partial charge in [0.15, 0.2) is 0 Å². The number of halogens is 1. The van der Waals surface area contributed by atoms with Crippen molar-refractivity contribution in [1.82, 2.24) is 3.97 Å². The van der Waals surface area contributed by atoms with Gasteiger partial charge < -0.3 is 0 Å². The van der Waals surface area contributed by atoms with Gasteiger partial charge in [0.25, 0.3) is 0 Å². The van der Waals surface area contributed by atoms with Crippen LogP contribution in [0.15, 0.2) is 0 Å². The average Bonchev–Trinajstić information content (AvgIpc) is 1.65. The lowest BCUT2D eigenvalue weighted by Crippen LogP contribution is -2.18. The summed E-state index contributed by atoms with van der Waals surface area (Å²) in [6.07, 6.45) is 0. The van der Waals surface area contributed by atoms with E-state index in [1.54, 1.807) is 9.12 Å². The van der Waals surface area contributed by atoms with Gasteiger partial charge in [0.1, 0.15) is 0 Å². The second kappa shape index (κ2) is 4.17. The predicted molar refractivity (Wildman–Crippen MR) is 48.5 cm³/mol. The standard InChI is InChI=1S/C3H10INSSi/c1-3(2)5(7)6-4/h3H,1-2,7H3. The fourth-order valence-corrected chi connectivity index (χ4v) is 1.60. The summed E-state index contributed by atoms with van der Waals surface area (Å²) >= 11 is 2.31. The van der Waals surface area contributed by atoms with Crippen LogP contribution < -0.4 is 0 Å². The molecule has 0 bridgehead atoms. The zero-order chi connectivity index (χ0) is 5.86. The first-order valence-corrected chi connectivity index (χ1v) is 6.41. The minimum absolute atomic E-state index is 0.716. The van der Waals surface area contributed by atoms with Crippen molar-refractivity contribution >= 4 is 40.7 Å². The molecule has 0 atom stereocenters. The van der Waals surface area contributed by atoms with Crippen LogP contribution in [0.5, 0.6) is 0 Å². The lowest BCUT2D eigenvalue weighted by molar-refractivity contribution is 0.590. The molecule has 0 spiro atoms. The molecule has 0 radical (unpaired) electrons. The molecule has 0 aromatic rings. The lowest BCUT2D eigenvalue weighted by Gasteiger charge is -2.15. The Morgan fingerprint density at radius 1 is 1.71 bits per heavy atom. The summed E-state index contributed by atoms with van der Waals surface area (Å²) in [5, 5.41) is 0. The quantitative estimate of drug-likeness (QED) is 0.406. The molecule has 0 aliphatic heterocycles. The fourth-order valence-electron chi connectivity index (χ4n) is 0.0797. The second-order valence-corrected chi connectivity index (χ2v) is 5.22. The van der Waals surface area contributed by atoms with Crippen molar-refractivity contribution in [2.75, 3.05) is 0 Å². The van der Waals surface area contributed by atoms with E-state index in [-0.39, 0.29) is 0 Å². The molecule has 1 nitrogen and oxygen atoms in total. The Labute approximate surface area is 64.4 Å². The molecule has 0 aliphatic rings. The first-order valence-electron chi connectivity index (χ1n) is 2.20. The largest absolute Gasteiger partial charge is 0.271 e. The van der Waals surface area contributed by atoms with E-state index in [4.69, 9.17) is 0 Å². The molecule has 4 heteroatoms. The molecule has 7 heavy (non-hydrogen) atoms. The van der Waals surface area contributed by atoms with Crippen LogP contribution in [-0.2, 0) is 0 Å². The molecule has 0 amide bonds. The van der Waals surface area contributed by atoms with Crippen LogP contribution in [0, 0.1) is 0 Å². The maximum absolute atomic E-state index is 2.33. The van der Waals surface area contributed by atoms with E-state index in [2.05, 4.69) is 39.0 Å². The van der Waals surface area contributed by atoms with Gasteiger partial charge in [-0.3, -0.25) is 3.97 Å². The molecule has 0 saturated carbocycles. The van der Waals surface area contributed by atoms with Crippen molar-refractivity contribution in [1.29, 1.82) is 0 Å². The third-order valence-corrected chi connectivity index (χ3v) is 7.15. The number of hydrogen-bond acceptors (Lipinski definition) is 2. The molecule has 0 N–H and O–H groups in total. The van der Waals surface area contributed by atoms with Gasteiger partial charge in [0.05, 0.1) is 10.4 Å². The topological polar surface area (TPSA) is 3.24 Å². The molecule has 0 saturated heterocycles. The summed E-state index contributed by atoms with van der Waals surface area (Å²) in [6, 6.07) is 0.716. The molecule has 0 aliphatic carbocycles. The monoisotopic (exact) mass is 247 g/mol. The lowest BCUT2D eigenvalue weighted by atomic mass is 10.4. The average molecular weight is 247 g/mol. The first kappa shape index (κ1) is 8.26. The third-order valence-electron chi connectivity index (χ3n) is 0.836. The van der Waals surface area contributed by atoms with E-state index in [1.165, 1.54) is 0 Å². The van der Waals surface area contributed by atoms with Crippen molar-refractivity contribution < 1.29 is 0 Å². The fraction of sp³-hybridized carbons (Fsp3) is 1.00. The van der Waals surface area contributed by atoms with Gasteiger partial charge >= 0.3 is 0 Å². The van der Waals surface area contributed by atoms with Crippen LogP contribution in [0.1, 0.15) is 13.8 Å². The summed E-state index contributed by atoms with van der Waals surface area (Å²) in [5.74, 6) is 0. The first-order chi connectivity index (χ1) is 3.18. The molecule has 0 heterocycles. The number of hydrogen-bond donors (Lipinski definition) is 0. The maximum Gasteiger partial charge on any atom is 0.0940 e. The smallest absolute Gasteiger partial charge is 0.0940 e. The summed E-state index contributed by atoms with van der Waals surface area (Å²) < 4.78 is 2.33. The van der Waals surface area contributed by atoms with Crippen LogP contribution >= 0.6 is 30.3 Å². The Morgan fingerprint density at radius 2 is 2.14 bits per heavy atom. The van der Waals surface area contributed by atoms with Crippen molar-refractivity contribution in [3.8, 4) is 0 Å². The van der Waals surface area contributed by atoms with E-state index in [0.29, 0.717) is 6.04 Å². The molecule has 44 valence electrons. The van der Waals surface area contributed by atoms with Gasteiger partial charge in [-0.2, -0.15) is 0 Å². The van der Waals surface area contributed by atoms with Crippen LogP contribution in [0.25, 0.3) is 0 Å². The predicted octanol–water partition coefficient (Wildman–Crippen LogP) is 0.975. The van der Waals surface area contributed by atoms with Gasteiger partial charge in [0, 0.05) is 27.2 Å². The molecule has 0 aromatic carbocycles.